The molecule has 12 heavy (non-hydrogen) atoms. The molecule has 2 atom stereocenters. The first kappa shape index (κ1) is 9.23. The van der Waals surface area contributed by atoms with Gasteiger partial charge in [0.2, 0.25) is 5.91 Å². The zero-order valence-corrected chi connectivity index (χ0v) is 7.83. The van der Waals surface area contributed by atoms with Gasteiger partial charge in [-0.05, 0) is 19.8 Å². The molecule has 1 amide bonds. The lowest BCUT2D eigenvalue weighted by atomic mass is 9.85. The summed E-state index contributed by atoms with van der Waals surface area (Å²) in [5.41, 5.74) is -0.566. The fourth-order valence-electron chi connectivity index (χ4n) is 1.52. The standard InChI is InChI=1S/C9H15NO2/c1-7-4-5-9(2,6-11)10(3)8(7)12/h6-7H,4-5H2,1-3H3. The Hall–Kier alpha value is -0.860. The second-order valence-corrected chi connectivity index (χ2v) is 3.81. The van der Waals surface area contributed by atoms with Crippen molar-refractivity contribution >= 4 is 12.2 Å². The molecule has 0 aliphatic carbocycles. The van der Waals surface area contributed by atoms with Crippen molar-refractivity contribution in [1.29, 1.82) is 0 Å². The summed E-state index contributed by atoms with van der Waals surface area (Å²) >= 11 is 0. The average Bonchev–Trinajstić information content (AvgIpc) is 2.09. The van der Waals surface area contributed by atoms with Gasteiger partial charge in [-0.2, -0.15) is 0 Å². The van der Waals surface area contributed by atoms with Crippen LogP contribution < -0.4 is 0 Å². The number of hydrogen-bond acceptors (Lipinski definition) is 2. The molecular formula is C9H15NO2. The van der Waals surface area contributed by atoms with Crippen molar-refractivity contribution in [3.8, 4) is 0 Å². The Kier molecular flexibility index (Phi) is 2.22. The van der Waals surface area contributed by atoms with Crippen LogP contribution in [0.25, 0.3) is 0 Å². The number of piperidine rings is 1. The summed E-state index contributed by atoms with van der Waals surface area (Å²) in [6.45, 7) is 3.72. The molecule has 1 heterocycles. The van der Waals surface area contributed by atoms with E-state index in [9.17, 15) is 9.59 Å². The minimum Gasteiger partial charge on any atom is -0.333 e. The normalized spacial score (nSPS) is 36.8. The Morgan fingerprint density at radius 2 is 2.25 bits per heavy atom. The quantitative estimate of drug-likeness (QED) is 0.545. The topological polar surface area (TPSA) is 37.4 Å². The predicted molar refractivity (Wildman–Crippen MR) is 45.6 cm³/mol. The van der Waals surface area contributed by atoms with Crippen LogP contribution in [0.3, 0.4) is 0 Å². The molecule has 0 bridgehead atoms. The van der Waals surface area contributed by atoms with Gasteiger partial charge in [0.25, 0.3) is 0 Å². The predicted octanol–water partition coefficient (Wildman–Crippen LogP) is 0.832. The summed E-state index contributed by atoms with van der Waals surface area (Å²) in [6.07, 6.45) is 2.47. The van der Waals surface area contributed by atoms with E-state index in [1.807, 2.05) is 13.8 Å². The fourth-order valence-corrected chi connectivity index (χ4v) is 1.52. The summed E-state index contributed by atoms with van der Waals surface area (Å²) in [4.78, 5) is 23.8. The molecule has 0 spiro atoms. The van der Waals surface area contributed by atoms with Crippen LogP contribution in [0.2, 0.25) is 0 Å². The highest BCUT2D eigenvalue weighted by molar-refractivity contribution is 5.84. The van der Waals surface area contributed by atoms with Crippen LogP contribution >= 0.6 is 0 Å². The Balaban J connectivity index is 2.85. The maximum absolute atomic E-state index is 11.5. The maximum Gasteiger partial charge on any atom is 0.225 e. The first-order valence-electron chi connectivity index (χ1n) is 4.25. The number of hydrogen-bond donors (Lipinski definition) is 0. The van der Waals surface area contributed by atoms with Crippen molar-refractivity contribution in [2.45, 2.75) is 32.2 Å². The van der Waals surface area contributed by atoms with E-state index in [-0.39, 0.29) is 11.8 Å². The minimum absolute atomic E-state index is 0.0722. The molecule has 3 nitrogen and oxygen atoms in total. The molecule has 0 saturated carbocycles. The van der Waals surface area contributed by atoms with E-state index in [1.54, 1.807) is 11.9 Å². The van der Waals surface area contributed by atoms with Crippen molar-refractivity contribution in [3.63, 3.8) is 0 Å². The van der Waals surface area contributed by atoms with Gasteiger partial charge in [0.15, 0.2) is 0 Å². The number of carbonyl (C=O) groups is 2. The molecule has 1 saturated heterocycles. The molecule has 1 aliphatic heterocycles. The Morgan fingerprint density at radius 3 is 2.75 bits per heavy atom. The number of carbonyl (C=O) groups excluding carboxylic acids is 2. The molecule has 1 fully saturated rings. The highest BCUT2D eigenvalue weighted by Gasteiger charge is 2.38. The van der Waals surface area contributed by atoms with Gasteiger partial charge in [0.05, 0.1) is 5.54 Å². The summed E-state index contributed by atoms with van der Waals surface area (Å²) < 4.78 is 0. The summed E-state index contributed by atoms with van der Waals surface area (Å²) in [5.74, 6) is 0.152. The van der Waals surface area contributed by atoms with Gasteiger partial charge in [-0.3, -0.25) is 4.79 Å². The number of likely N-dealkylation sites (N-methyl/N-ethyl adjacent to an activating group) is 1. The maximum atomic E-state index is 11.5. The zero-order chi connectivity index (χ0) is 9.35. The highest BCUT2D eigenvalue weighted by Crippen LogP contribution is 2.28. The highest BCUT2D eigenvalue weighted by atomic mass is 16.2. The van der Waals surface area contributed by atoms with Crippen LogP contribution in [0.4, 0.5) is 0 Å². The molecule has 68 valence electrons. The third kappa shape index (κ3) is 1.24. The molecule has 0 aromatic carbocycles. The summed E-state index contributed by atoms with van der Waals surface area (Å²) in [5, 5.41) is 0. The molecule has 0 aromatic rings. The first-order chi connectivity index (χ1) is 5.51. The summed E-state index contributed by atoms with van der Waals surface area (Å²) in [6, 6.07) is 0. The van der Waals surface area contributed by atoms with E-state index >= 15 is 0 Å². The Bertz CT molecular complexity index is 215. The molecule has 2 unspecified atom stereocenters. The number of likely N-dealkylation sites (tertiary alicyclic amines) is 1. The van der Waals surface area contributed by atoms with Gasteiger partial charge in [-0.15, -0.1) is 0 Å². The van der Waals surface area contributed by atoms with E-state index < -0.39 is 5.54 Å². The van der Waals surface area contributed by atoms with Crippen LogP contribution in [0.1, 0.15) is 26.7 Å². The van der Waals surface area contributed by atoms with Gasteiger partial charge < -0.3 is 9.69 Å². The largest absolute Gasteiger partial charge is 0.333 e. The Morgan fingerprint density at radius 1 is 1.67 bits per heavy atom. The second kappa shape index (κ2) is 2.88. The van der Waals surface area contributed by atoms with Gasteiger partial charge in [-0.25, -0.2) is 0 Å². The first-order valence-corrected chi connectivity index (χ1v) is 4.25. The molecule has 0 N–H and O–H groups in total. The van der Waals surface area contributed by atoms with Crippen molar-refractivity contribution in [1.82, 2.24) is 4.90 Å². The van der Waals surface area contributed by atoms with Crippen LogP contribution in [0, 0.1) is 5.92 Å². The third-order valence-corrected chi connectivity index (χ3v) is 2.86. The number of nitrogens with zero attached hydrogens (tertiary/aromatic N) is 1. The van der Waals surface area contributed by atoms with Gasteiger partial charge >= 0.3 is 0 Å². The molecule has 1 rings (SSSR count). The minimum atomic E-state index is -0.566. The monoisotopic (exact) mass is 169 g/mol. The fraction of sp³-hybridized carbons (Fsp3) is 0.778. The number of amides is 1. The molecule has 3 heteroatoms. The van der Waals surface area contributed by atoms with E-state index in [2.05, 4.69) is 0 Å². The molecule has 0 aromatic heterocycles. The van der Waals surface area contributed by atoms with Gasteiger partial charge in [-0.1, -0.05) is 6.92 Å². The molecular weight excluding hydrogens is 154 g/mol. The van der Waals surface area contributed by atoms with Gasteiger partial charge in [0.1, 0.15) is 6.29 Å². The van der Waals surface area contributed by atoms with E-state index in [4.69, 9.17) is 0 Å². The van der Waals surface area contributed by atoms with Crippen LogP contribution in [-0.4, -0.2) is 29.7 Å². The SMILES string of the molecule is CC1CCC(C)(C=O)N(C)C1=O. The van der Waals surface area contributed by atoms with Crippen molar-refractivity contribution in [3.05, 3.63) is 0 Å². The van der Waals surface area contributed by atoms with Crippen molar-refractivity contribution < 1.29 is 9.59 Å². The Labute approximate surface area is 72.7 Å². The smallest absolute Gasteiger partial charge is 0.225 e. The van der Waals surface area contributed by atoms with Crippen molar-refractivity contribution in [2.75, 3.05) is 7.05 Å². The van der Waals surface area contributed by atoms with Gasteiger partial charge in [0, 0.05) is 13.0 Å². The lowest BCUT2D eigenvalue weighted by Gasteiger charge is -2.40. The van der Waals surface area contributed by atoms with Crippen LogP contribution in [-0.2, 0) is 9.59 Å². The van der Waals surface area contributed by atoms with E-state index in [0.717, 1.165) is 19.1 Å². The zero-order valence-electron chi connectivity index (χ0n) is 7.83. The second-order valence-electron chi connectivity index (χ2n) is 3.81. The van der Waals surface area contributed by atoms with Crippen molar-refractivity contribution in [2.24, 2.45) is 5.92 Å². The lowest BCUT2D eigenvalue weighted by Crippen LogP contribution is -2.54. The molecule has 0 radical (unpaired) electrons. The average molecular weight is 169 g/mol. The molecule has 1 aliphatic rings. The number of rotatable bonds is 1. The van der Waals surface area contributed by atoms with Crippen LogP contribution in [0.5, 0.6) is 0 Å². The summed E-state index contributed by atoms with van der Waals surface area (Å²) in [7, 11) is 1.70. The number of aldehydes is 1. The van der Waals surface area contributed by atoms with E-state index in [0.29, 0.717) is 0 Å². The van der Waals surface area contributed by atoms with Crippen LogP contribution in [0.15, 0.2) is 0 Å². The third-order valence-electron chi connectivity index (χ3n) is 2.86. The lowest BCUT2D eigenvalue weighted by molar-refractivity contribution is -0.147. The van der Waals surface area contributed by atoms with E-state index in [1.165, 1.54) is 0 Å².